The predicted octanol–water partition coefficient (Wildman–Crippen LogP) is 3.10. The minimum atomic E-state index is -3.54. The smallest absolute Gasteiger partial charge is 0.281 e. The molecule has 1 amide bonds. The largest absolute Gasteiger partial charge is 0.324 e. The molecule has 1 aromatic rings. The number of carbonyl (C=O) groups excluding carboxylic acids is 1. The highest BCUT2D eigenvalue weighted by atomic mass is 35.5. The van der Waals surface area contributed by atoms with Gasteiger partial charge in [0.1, 0.15) is 0 Å². The summed E-state index contributed by atoms with van der Waals surface area (Å²) in [4.78, 5) is 12.5. The molecular formula is C14H18Cl3N3O3S. The van der Waals surface area contributed by atoms with E-state index in [4.69, 9.17) is 34.8 Å². The molecule has 2 rings (SSSR count). The van der Waals surface area contributed by atoms with E-state index < -0.39 is 16.1 Å². The van der Waals surface area contributed by atoms with E-state index in [0.717, 1.165) is 4.31 Å². The van der Waals surface area contributed by atoms with Crippen LogP contribution >= 0.6 is 34.8 Å². The van der Waals surface area contributed by atoms with E-state index in [2.05, 4.69) is 5.32 Å². The van der Waals surface area contributed by atoms with E-state index in [-0.39, 0.29) is 22.5 Å². The van der Waals surface area contributed by atoms with Gasteiger partial charge in [-0.2, -0.15) is 17.0 Å². The van der Waals surface area contributed by atoms with Crippen LogP contribution in [0.4, 0.5) is 5.69 Å². The normalized spacial score (nSPS) is 19.5. The van der Waals surface area contributed by atoms with Crippen molar-refractivity contribution in [3.63, 3.8) is 0 Å². The Labute approximate surface area is 156 Å². The number of nitrogens with zero attached hydrogens (tertiary/aromatic N) is 2. The molecule has 10 heteroatoms. The number of rotatable bonds is 4. The molecule has 1 N–H and O–H groups in total. The van der Waals surface area contributed by atoms with Gasteiger partial charge in [-0.25, -0.2) is 0 Å². The van der Waals surface area contributed by atoms with Crippen LogP contribution in [0.5, 0.6) is 0 Å². The Morgan fingerprint density at radius 3 is 2.46 bits per heavy atom. The molecule has 0 bridgehead atoms. The van der Waals surface area contributed by atoms with Crippen molar-refractivity contribution < 1.29 is 13.2 Å². The Morgan fingerprint density at radius 1 is 1.21 bits per heavy atom. The minimum absolute atomic E-state index is 0.130. The molecule has 1 aliphatic rings. The van der Waals surface area contributed by atoms with Crippen LogP contribution in [0.25, 0.3) is 0 Å². The third-order valence-electron chi connectivity index (χ3n) is 3.81. The Bertz CT molecular complexity index is 740. The molecule has 1 aromatic carbocycles. The van der Waals surface area contributed by atoms with Crippen molar-refractivity contribution in [3.05, 3.63) is 27.2 Å². The van der Waals surface area contributed by atoms with Crippen molar-refractivity contribution in [3.8, 4) is 0 Å². The molecular weight excluding hydrogens is 397 g/mol. The van der Waals surface area contributed by atoms with Crippen LogP contribution in [0.15, 0.2) is 12.1 Å². The van der Waals surface area contributed by atoms with E-state index in [1.165, 1.54) is 30.5 Å². The van der Waals surface area contributed by atoms with Crippen molar-refractivity contribution in [1.82, 2.24) is 8.61 Å². The highest BCUT2D eigenvalue weighted by molar-refractivity contribution is 7.86. The molecule has 24 heavy (non-hydrogen) atoms. The molecule has 0 radical (unpaired) electrons. The molecule has 6 nitrogen and oxygen atoms in total. The lowest BCUT2D eigenvalue weighted by Gasteiger charge is -2.32. The fourth-order valence-electron chi connectivity index (χ4n) is 2.45. The quantitative estimate of drug-likeness (QED) is 0.770. The van der Waals surface area contributed by atoms with Crippen LogP contribution in [0, 0.1) is 5.92 Å². The number of benzene rings is 1. The van der Waals surface area contributed by atoms with Crippen molar-refractivity contribution in [1.29, 1.82) is 0 Å². The summed E-state index contributed by atoms with van der Waals surface area (Å²) >= 11 is 17.9. The third-order valence-corrected chi connectivity index (χ3v) is 6.75. The van der Waals surface area contributed by atoms with Crippen LogP contribution in [-0.2, 0) is 15.0 Å². The van der Waals surface area contributed by atoms with Gasteiger partial charge in [-0.05, 0) is 25.0 Å². The zero-order chi connectivity index (χ0) is 18.1. The van der Waals surface area contributed by atoms with Gasteiger partial charge in [0, 0.05) is 27.2 Å². The van der Waals surface area contributed by atoms with Gasteiger partial charge in [0.15, 0.2) is 0 Å². The lowest BCUT2D eigenvalue weighted by molar-refractivity contribution is -0.120. The predicted molar refractivity (Wildman–Crippen MR) is 97.0 cm³/mol. The SMILES string of the molecule is CN(C)S(=O)(=O)N1CCC[C@@H](C(=O)Nc2cc(Cl)c(Cl)cc2Cl)C1. The Hall–Kier alpha value is -0.570. The Balaban J connectivity index is 2.12. The summed E-state index contributed by atoms with van der Waals surface area (Å²) < 4.78 is 26.9. The lowest BCUT2D eigenvalue weighted by Crippen LogP contribution is -2.47. The number of hydrogen-bond donors (Lipinski definition) is 1. The summed E-state index contributed by atoms with van der Waals surface area (Å²) in [5, 5.41) is 3.54. The summed E-state index contributed by atoms with van der Waals surface area (Å²) in [5.74, 6) is -0.757. The first-order chi connectivity index (χ1) is 11.1. The second kappa shape index (κ2) is 7.76. The first-order valence-electron chi connectivity index (χ1n) is 7.26. The Morgan fingerprint density at radius 2 is 1.83 bits per heavy atom. The summed E-state index contributed by atoms with van der Waals surface area (Å²) in [5.41, 5.74) is 0.351. The van der Waals surface area contributed by atoms with E-state index in [1.807, 2.05) is 0 Å². The lowest BCUT2D eigenvalue weighted by atomic mass is 9.99. The summed E-state index contributed by atoms with van der Waals surface area (Å²) in [6.45, 7) is 0.531. The van der Waals surface area contributed by atoms with Crippen LogP contribution < -0.4 is 5.32 Å². The second-order valence-electron chi connectivity index (χ2n) is 5.72. The fourth-order valence-corrected chi connectivity index (χ4v) is 4.23. The number of amides is 1. The molecule has 0 aromatic heterocycles. The van der Waals surface area contributed by atoms with Gasteiger partial charge >= 0.3 is 0 Å². The maximum atomic E-state index is 12.5. The topological polar surface area (TPSA) is 69.7 Å². The standard InChI is InChI=1S/C14H18Cl3N3O3S/c1-19(2)24(22,23)20-5-3-4-9(8-20)14(21)18-13-7-11(16)10(15)6-12(13)17/h6-7,9H,3-5,8H2,1-2H3,(H,18,21)/t9-/m1/s1. The van der Waals surface area contributed by atoms with Crippen LogP contribution in [0.1, 0.15) is 12.8 Å². The average Bonchev–Trinajstić information content (AvgIpc) is 2.52. The first-order valence-corrected chi connectivity index (χ1v) is 9.79. The van der Waals surface area contributed by atoms with Gasteiger partial charge in [0.25, 0.3) is 10.2 Å². The van der Waals surface area contributed by atoms with E-state index in [1.54, 1.807) is 0 Å². The molecule has 0 spiro atoms. The summed E-state index contributed by atoms with van der Waals surface area (Å²) in [6, 6.07) is 2.92. The van der Waals surface area contributed by atoms with Crippen molar-refractivity contribution in [2.75, 3.05) is 32.5 Å². The minimum Gasteiger partial charge on any atom is -0.324 e. The zero-order valence-electron chi connectivity index (χ0n) is 13.2. The number of piperidine rings is 1. The highest BCUT2D eigenvalue weighted by Crippen LogP contribution is 2.33. The molecule has 134 valence electrons. The van der Waals surface area contributed by atoms with Crippen LogP contribution in [0.3, 0.4) is 0 Å². The molecule has 0 aliphatic carbocycles. The van der Waals surface area contributed by atoms with Gasteiger partial charge < -0.3 is 5.32 Å². The number of nitrogens with one attached hydrogen (secondary N) is 1. The molecule has 1 fully saturated rings. The molecule has 1 saturated heterocycles. The molecule has 1 atom stereocenters. The maximum Gasteiger partial charge on any atom is 0.281 e. The van der Waals surface area contributed by atoms with E-state index in [9.17, 15) is 13.2 Å². The number of hydrogen-bond acceptors (Lipinski definition) is 3. The van der Waals surface area contributed by atoms with E-state index >= 15 is 0 Å². The van der Waals surface area contributed by atoms with Gasteiger partial charge in [0.05, 0.1) is 26.7 Å². The average molecular weight is 415 g/mol. The van der Waals surface area contributed by atoms with E-state index in [0.29, 0.717) is 30.1 Å². The van der Waals surface area contributed by atoms with Crippen molar-refractivity contribution in [2.45, 2.75) is 12.8 Å². The molecule has 1 aliphatic heterocycles. The second-order valence-corrected chi connectivity index (χ2v) is 9.09. The maximum absolute atomic E-state index is 12.5. The Kier molecular flexibility index (Phi) is 6.39. The number of anilines is 1. The number of carbonyl (C=O) groups is 1. The fraction of sp³-hybridized carbons (Fsp3) is 0.500. The van der Waals surface area contributed by atoms with Crippen molar-refractivity contribution in [2.24, 2.45) is 5.92 Å². The van der Waals surface area contributed by atoms with Crippen LogP contribution in [-0.4, -0.2) is 50.1 Å². The van der Waals surface area contributed by atoms with Gasteiger partial charge in [-0.15, -0.1) is 0 Å². The van der Waals surface area contributed by atoms with Gasteiger partial charge in [-0.3, -0.25) is 4.79 Å². The molecule has 0 unspecified atom stereocenters. The van der Waals surface area contributed by atoms with Crippen LogP contribution in [0.2, 0.25) is 15.1 Å². The number of halogens is 3. The molecule has 0 saturated carbocycles. The monoisotopic (exact) mass is 413 g/mol. The van der Waals surface area contributed by atoms with Gasteiger partial charge in [0.2, 0.25) is 5.91 Å². The molecule has 1 heterocycles. The van der Waals surface area contributed by atoms with Crippen molar-refractivity contribution >= 4 is 56.6 Å². The first kappa shape index (κ1) is 19.8. The zero-order valence-corrected chi connectivity index (χ0v) is 16.3. The van der Waals surface area contributed by atoms with Gasteiger partial charge in [-0.1, -0.05) is 34.8 Å². The highest BCUT2D eigenvalue weighted by Gasteiger charge is 2.33. The third kappa shape index (κ3) is 4.33. The summed E-state index contributed by atoms with van der Waals surface area (Å²) in [6.07, 6.45) is 1.21. The summed E-state index contributed by atoms with van der Waals surface area (Å²) in [7, 11) is -0.604.